The Morgan fingerprint density at radius 3 is 2.39 bits per heavy atom. The first-order valence-electron chi connectivity index (χ1n) is 8.35. The largest absolute Gasteiger partial charge is 0.379 e. The summed E-state index contributed by atoms with van der Waals surface area (Å²) in [5, 5.41) is 3.66. The van der Waals surface area contributed by atoms with Crippen molar-refractivity contribution in [3.8, 4) is 0 Å². The van der Waals surface area contributed by atoms with E-state index in [1.807, 2.05) is 36.4 Å². The van der Waals surface area contributed by atoms with Crippen LogP contribution in [-0.2, 0) is 6.42 Å². The molecule has 2 aromatic rings. The maximum Gasteiger partial charge on any atom is 0.187 e. The van der Waals surface area contributed by atoms with Crippen molar-refractivity contribution >= 4 is 11.5 Å². The van der Waals surface area contributed by atoms with E-state index >= 15 is 0 Å². The number of hydrogen-bond acceptors (Lipinski definition) is 2. The van der Waals surface area contributed by atoms with E-state index in [-0.39, 0.29) is 11.3 Å². The van der Waals surface area contributed by atoms with E-state index in [0.717, 1.165) is 36.1 Å². The van der Waals surface area contributed by atoms with E-state index in [1.165, 1.54) is 5.56 Å². The Hall–Kier alpha value is -2.35. The average Bonchev–Trinajstić information content (AvgIpc) is 2.62. The summed E-state index contributed by atoms with van der Waals surface area (Å²) in [7, 11) is 0. The zero-order valence-corrected chi connectivity index (χ0v) is 13.8. The third kappa shape index (κ3) is 3.07. The lowest BCUT2D eigenvalue weighted by atomic mass is 9.79. The molecule has 1 aliphatic rings. The Labute approximate surface area is 138 Å². The number of benzene rings is 2. The van der Waals surface area contributed by atoms with Gasteiger partial charge >= 0.3 is 0 Å². The molecule has 1 N–H and O–H groups in total. The molecule has 2 heteroatoms. The highest BCUT2D eigenvalue weighted by Gasteiger charge is 2.33. The standard InChI is InChI=1S/C21H23NO/c1-3-21(4-2)15-17-12-8-9-13-18(17)19(22-21)14-20(23)16-10-6-5-7-11-16/h5-14,22H,3-4,15H2,1-2H3/b19-14-. The van der Waals surface area contributed by atoms with Crippen LogP contribution in [0.15, 0.2) is 60.7 Å². The highest BCUT2D eigenvalue weighted by Crippen LogP contribution is 2.33. The Kier molecular flexibility index (Phi) is 4.33. The molecule has 0 saturated carbocycles. The predicted molar refractivity (Wildman–Crippen MR) is 95.3 cm³/mol. The minimum atomic E-state index is 0.0388. The molecule has 0 atom stereocenters. The van der Waals surface area contributed by atoms with Crippen molar-refractivity contribution in [2.24, 2.45) is 0 Å². The second-order valence-electron chi connectivity index (χ2n) is 6.23. The summed E-state index contributed by atoms with van der Waals surface area (Å²) in [6.45, 7) is 4.42. The van der Waals surface area contributed by atoms with Crippen LogP contribution >= 0.6 is 0 Å². The van der Waals surface area contributed by atoms with E-state index in [1.54, 1.807) is 6.08 Å². The SMILES string of the molecule is CCC1(CC)Cc2ccccc2/C(=C/C(=O)c2ccccc2)N1. The van der Waals surface area contributed by atoms with Crippen molar-refractivity contribution < 1.29 is 4.79 Å². The number of fused-ring (bicyclic) bond motifs is 1. The van der Waals surface area contributed by atoms with E-state index < -0.39 is 0 Å². The fraction of sp³-hybridized carbons (Fsp3) is 0.286. The maximum atomic E-state index is 12.6. The summed E-state index contributed by atoms with van der Waals surface area (Å²) in [6.07, 6.45) is 4.84. The van der Waals surface area contributed by atoms with Crippen LogP contribution in [0.3, 0.4) is 0 Å². The first-order valence-corrected chi connectivity index (χ1v) is 8.35. The van der Waals surface area contributed by atoms with Gasteiger partial charge in [-0.15, -0.1) is 0 Å². The first-order chi connectivity index (χ1) is 11.2. The Bertz CT molecular complexity index is 727. The first kappa shape index (κ1) is 15.5. The van der Waals surface area contributed by atoms with Crippen molar-refractivity contribution in [2.45, 2.75) is 38.6 Å². The Morgan fingerprint density at radius 1 is 1.04 bits per heavy atom. The van der Waals surface area contributed by atoms with Gasteiger partial charge in [-0.1, -0.05) is 68.4 Å². The highest BCUT2D eigenvalue weighted by atomic mass is 16.1. The molecule has 23 heavy (non-hydrogen) atoms. The zero-order valence-electron chi connectivity index (χ0n) is 13.8. The molecular weight excluding hydrogens is 282 g/mol. The van der Waals surface area contributed by atoms with Crippen LogP contribution in [-0.4, -0.2) is 11.3 Å². The Balaban J connectivity index is 2.03. The third-order valence-electron chi connectivity index (χ3n) is 4.92. The van der Waals surface area contributed by atoms with Gasteiger partial charge in [-0.25, -0.2) is 0 Å². The van der Waals surface area contributed by atoms with E-state index in [0.29, 0.717) is 0 Å². The molecule has 0 spiro atoms. The summed E-state index contributed by atoms with van der Waals surface area (Å²) < 4.78 is 0. The van der Waals surface area contributed by atoms with Crippen molar-refractivity contribution in [3.63, 3.8) is 0 Å². The van der Waals surface area contributed by atoms with Gasteiger partial charge in [0.1, 0.15) is 0 Å². The molecule has 1 aliphatic heterocycles. The van der Waals surface area contributed by atoms with Crippen molar-refractivity contribution in [3.05, 3.63) is 77.4 Å². The average molecular weight is 305 g/mol. The van der Waals surface area contributed by atoms with Gasteiger partial charge in [0.2, 0.25) is 0 Å². The summed E-state index contributed by atoms with van der Waals surface area (Å²) in [4.78, 5) is 12.6. The van der Waals surface area contributed by atoms with E-state index in [2.05, 4.69) is 37.4 Å². The minimum absolute atomic E-state index is 0.0388. The van der Waals surface area contributed by atoms with Crippen molar-refractivity contribution in [2.75, 3.05) is 0 Å². The van der Waals surface area contributed by atoms with Crippen LogP contribution < -0.4 is 5.32 Å². The lowest BCUT2D eigenvalue weighted by molar-refractivity contribution is 0.104. The van der Waals surface area contributed by atoms with Gasteiger partial charge in [0.25, 0.3) is 0 Å². The van der Waals surface area contributed by atoms with E-state index in [9.17, 15) is 4.79 Å². The molecule has 0 aromatic heterocycles. The van der Waals surface area contributed by atoms with Crippen LogP contribution in [0, 0.1) is 0 Å². The summed E-state index contributed by atoms with van der Waals surface area (Å²) in [5.41, 5.74) is 4.18. The topological polar surface area (TPSA) is 29.1 Å². The van der Waals surface area contributed by atoms with Gasteiger partial charge in [0, 0.05) is 28.4 Å². The number of nitrogens with one attached hydrogen (secondary N) is 1. The quantitative estimate of drug-likeness (QED) is 0.660. The number of carbonyl (C=O) groups excluding carboxylic acids is 1. The zero-order chi connectivity index (χ0) is 16.3. The predicted octanol–water partition coefficient (Wildman–Crippen LogP) is 4.61. The van der Waals surface area contributed by atoms with Gasteiger partial charge < -0.3 is 5.32 Å². The second-order valence-corrected chi connectivity index (χ2v) is 6.23. The molecule has 0 fully saturated rings. The Morgan fingerprint density at radius 2 is 1.70 bits per heavy atom. The fourth-order valence-corrected chi connectivity index (χ4v) is 3.31. The van der Waals surface area contributed by atoms with Gasteiger partial charge in [-0.3, -0.25) is 4.79 Å². The number of allylic oxidation sites excluding steroid dienone is 1. The van der Waals surface area contributed by atoms with Gasteiger partial charge in [-0.05, 0) is 24.8 Å². The maximum absolute atomic E-state index is 12.6. The van der Waals surface area contributed by atoms with Gasteiger partial charge in [0.05, 0.1) is 0 Å². The molecule has 118 valence electrons. The lowest BCUT2D eigenvalue weighted by Gasteiger charge is -2.40. The van der Waals surface area contributed by atoms with Crippen molar-refractivity contribution in [1.82, 2.24) is 5.32 Å². The summed E-state index contributed by atoms with van der Waals surface area (Å²) >= 11 is 0. The minimum Gasteiger partial charge on any atom is -0.379 e. The van der Waals surface area contributed by atoms with Crippen LogP contribution in [0.5, 0.6) is 0 Å². The van der Waals surface area contributed by atoms with Crippen LogP contribution in [0.2, 0.25) is 0 Å². The summed E-state index contributed by atoms with van der Waals surface area (Å²) in [6, 6.07) is 17.8. The molecular formula is C21H23NO. The third-order valence-corrected chi connectivity index (χ3v) is 4.92. The molecule has 0 unspecified atom stereocenters. The second kappa shape index (κ2) is 6.41. The lowest BCUT2D eigenvalue weighted by Crippen LogP contribution is -2.48. The molecule has 2 aromatic carbocycles. The normalized spacial score (nSPS) is 17.4. The number of hydrogen-bond donors (Lipinski definition) is 1. The number of carbonyl (C=O) groups is 1. The smallest absolute Gasteiger partial charge is 0.187 e. The molecule has 0 amide bonds. The van der Waals surface area contributed by atoms with Gasteiger partial charge in [-0.2, -0.15) is 0 Å². The molecule has 0 radical (unpaired) electrons. The van der Waals surface area contributed by atoms with Gasteiger partial charge in [0.15, 0.2) is 5.78 Å². The molecule has 0 aliphatic carbocycles. The van der Waals surface area contributed by atoms with Crippen LogP contribution in [0.1, 0.15) is 48.2 Å². The summed E-state index contributed by atoms with van der Waals surface area (Å²) in [5.74, 6) is 0.0471. The molecule has 1 heterocycles. The monoisotopic (exact) mass is 305 g/mol. The molecule has 0 saturated heterocycles. The van der Waals surface area contributed by atoms with Crippen molar-refractivity contribution in [1.29, 1.82) is 0 Å². The van der Waals surface area contributed by atoms with Crippen LogP contribution in [0.25, 0.3) is 5.70 Å². The molecule has 0 bridgehead atoms. The molecule has 3 rings (SSSR count). The number of ketones is 1. The van der Waals surface area contributed by atoms with E-state index in [4.69, 9.17) is 0 Å². The number of rotatable bonds is 4. The fourth-order valence-electron chi connectivity index (χ4n) is 3.31. The molecule has 2 nitrogen and oxygen atoms in total. The highest BCUT2D eigenvalue weighted by molar-refractivity contribution is 6.08. The van der Waals surface area contributed by atoms with Crippen LogP contribution in [0.4, 0.5) is 0 Å².